The Morgan fingerprint density at radius 3 is 2.45 bits per heavy atom. The van der Waals surface area contributed by atoms with Crippen molar-refractivity contribution in [3.05, 3.63) is 36.4 Å². The first kappa shape index (κ1) is 18.9. The van der Waals surface area contributed by atoms with E-state index in [1.54, 1.807) is 19.3 Å². The number of rotatable bonds is 6. The van der Waals surface area contributed by atoms with Crippen molar-refractivity contribution in [1.29, 1.82) is 0 Å². The Morgan fingerprint density at radius 2 is 1.90 bits per heavy atom. The number of piperidine rings is 1. The van der Waals surface area contributed by atoms with Crippen molar-refractivity contribution in [2.45, 2.75) is 40.0 Å². The molecule has 0 bridgehead atoms. The largest absolute Gasteiger partial charge is 0.497 e. The van der Waals surface area contributed by atoms with Crippen LogP contribution in [0.1, 0.15) is 40.0 Å². The maximum Gasteiger partial charge on any atom is 0.111 e. The van der Waals surface area contributed by atoms with E-state index in [1.165, 1.54) is 25.3 Å². The highest BCUT2D eigenvalue weighted by Gasteiger charge is 2.15. The van der Waals surface area contributed by atoms with E-state index in [0.717, 1.165) is 19.6 Å². The van der Waals surface area contributed by atoms with Crippen LogP contribution in [0.2, 0.25) is 0 Å². The summed E-state index contributed by atoms with van der Waals surface area (Å²) in [4.78, 5) is 2.35. The molecule has 1 heterocycles. The second-order valence-electron chi connectivity index (χ2n) is 4.84. The van der Waals surface area contributed by atoms with Crippen LogP contribution in [0.15, 0.2) is 36.4 Å². The second kappa shape index (κ2) is 11.7. The van der Waals surface area contributed by atoms with Gasteiger partial charge in [-0.25, -0.2) is 4.39 Å². The van der Waals surface area contributed by atoms with Crippen LogP contribution in [0.4, 0.5) is 4.39 Å². The molecule has 1 fully saturated rings. The molecular formula is C17H30FNO. The number of nitrogens with zero attached hydrogens (tertiary/aromatic N) is 1. The fourth-order valence-corrected chi connectivity index (χ4v) is 2.10. The van der Waals surface area contributed by atoms with Crippen molar-refractivity contribution >= 4 is 0 Å². The van der Waals surface area contributed by atoms with Crippen molar-refractivity contribution in [3.63, 3.8) is 0 Å². The minimum Gasteiger partial charge on any atom is -0.497 e. The number of halogens is 1. The summed E-state index contributed by atoms with van der Waals surface area (Å²) in [7, 11) is 1.55. The lowest BCUT2D eigenvalue weighted by Gasteiger charge is -2.28. The quantitative estimate of drug-likeness (QED) is 0.517. The molecule has 1 aliphatic heterocycles. The molecule has 1 rings (SSSR count). The van der Waals surface area contributed by atoms with Gasteiger partial charge >= 0.3 is 0 Å². The first-order chi connectivity index (χ1) is 9.63. The van der Waals surface area contributed by atoms with E-state index >= 15 is 0 Å². The molecule has 0 saturated carbocycles. The van der Waals surface area contributed by atoms with Crippen molar-refractivity contribution in [1.82, 2.24) is 4.90 Å². The van der Waals surface area contributed by atoms with Gasteiger partial charge < -0.3 is 9.64 Å². The van der Waals surface area contributed by atoms with Gasteiger partial charge in [0.1, 0.15) is 11.6 Å². The summed E-state index contributed by atoms with van der Waals surface area (Å²) in [6.45, 7) is 12.6. The second-order valence-corrected chi connectivity index (χ2v) is 4.84. The molecular weight excluding hydrogens is 253 g/mol. The van der Waals surface area contributed by atoms with Crippen LogP contribution in [0.25, 0.3) is 0 Å². The van der Waals surface area contributed by atoms with E-state index in [4.69, 9.17) is 4.74 Å². The fourth-order valence-electron chi connectivity index (χ4n) is 2.10. The summed E-state index contributed by atoms with van der Waals surface area (Å²) in [5, 5.41) is 0. The number of likely N-dealkylation sites (tertiary alicyclic amines) is 1. The Labute approximate surface area is 124 Å². The predicted molar refractivity (Wildman–Crippen MR) is 85.3 cm³/mol. The normalized spacial score (nSPS) is 18.4. The highest BCUT2D eigenvalue weighted by Crippen LogP contribution is 2.17. The summed E-state index contributed by atoms with van der Waals surface area (Å²) in [6, 6.07) is 0. The third-order valence-electron chi connectivity index (χ3n) is 3.25. The van der Waals surface area contributed by atoms with E-state index in [9.17, 15) is 4.39 Å². The van der Waals surface area contributed by atoms with Gasteiger partial charge in [-0.2, -0.15) is 0 Å². The molecule has 20 heavy (non-hydrogen) atoms. The number of methoxy groups -OCH3 is 1. The minimum absolute atomic E-state index is 0.0523. The van der Waals surface area contributed by atoms with Gasteiger partial charge in [0, 0.05) is 12.5 Å². The minimum atomic E-state index is -0.0827. The molecule has 116 valence electrons. The van der Waals surface area contributed by atoms with Gasteiger partial charge in [-0.3, -0.25) is 0 Å². The van der Waals surface area contributed by atoms with E-state index in [-0.39, 0.29) is 11.7 Å². The van der Waals surface area contributed by atoms with Crippen LogP contribution in [0.5, 0.6) is 0 Å². The first-order valence-corrected chi connectivity index (χ1v) is 7.62. The third-order valence-corrected chi connectivity index (χ3v) is 3.25. The van der Waals surface area contributed by atoms with Crippen molar-refractivity contribution < 1.29 is 9.13 Å². The third kappa shape index (κ3) is 8.16. The van der Waals surface area contributed by atoms with Gasteiger partial charge in [-0.05, 0) is 38.1 Å². The van der Waals surface area contributed by atoms with E-state index in [2.05, 4.69) is 11.5 Å². The van der Waals surface area contributed by atoms with Crippen LogP contribution in [0.3, 0.4) is 0 Å². The Hall–Kier alpha value is -1.09. The molecule has 0 aromatic carbocycles. The molecule has 2 nitrogen and oxygen atoms in total. The Bertz CT molecular complexity index is 317. The molecule has 0 amide bonds. The predicted octanol–water partition coefficient (Wildman–Crippen LogP) is 4.70. The molecule has 1 saturated heterocycles. The van der Waals surface area contributed by atoms with Crippen LogP contribution in [-0.2, 0) is 4.74 Å². The maximum absolute atomic E-state index is 13.8. The van der Waals surface area contributed by atoms with E-state index in [1.807, 2.05) is 20.8 Å². The maximum atomic E-state index is 13.8. The summed E-state index contributed by atoms with van der Waals surface area (Å²) in [5.74, 6) is 0.395. The lowest BCUT2D eigenvalue weighted by molar-refractivity contribution is 0.202. The molecule has 3 heteroatoms. The topological polar surface area (TPSA) is 12.5 Å². The van der Waals surface area contributed by atoms with Crippen molar-refractivity contribution in [2.75, 3.05) is 26.7 Å². The van der Waals surface area contributed by atoms with Gasteiger partial charge in [0.25, 0.3) is 0 Å². The van der Waals surface area contributed by atoms with Gasteiger partial charge in [0.05, 0.1) is 7.11 Å². The van der Waals surface area contributed by atoms with Crippen molar-refractivity contribution in [2.24, 2.45) is 5.92 Å². The Morgan fingerprint density at radius 1 is 1.30 bits per heavy atom. The van der Waals surface area contributed by atoms with Gasteiger partial charge in [-0.15, -0.1) is 0 Å². The molecule has 1 aliphatic rings. The molecule has 0 N–H and O–H groups in total. The Balaban J connectivity index is 0.00000172. The highest BCUT2D eigenvalue weighted by molar-refractivity contribution is 5.17. The lowest BCUT2D eigenvalue weighted by atomic mass is 10.1. The first-order valence-electron chi connectivity index (χ1n) is 7.62. The van der Waals surface area contributed by atoms with E-state index in [0.29, 0.717) is 5.76 Å². The SMILES string of the molecule is C=C(/C=C\C=C(\F)C(C)CN1CCCCC1)OC.CC. The van der Waals surface area contributed by atoms with E-state index < -0.39 is 0 Å². The summed E-state index contributed by atoms with van der Waals surface area (Å²) >= 11 is 0. The van der Waals surface area contributed by atoms with Crippen LogP contribution < -0.4 is 0 Å². The zero-order valence-electron chi connectivity index (χ0n) is 13.5. The number of hydrogen-bond donors (Lipinski definition) is 0. The number of hydrogen-bond acceptors (Lipinski definition) is 2. The van der Waals surface area contributed by atoms with Gasteiger partial charge in [0.15, 0.2) is 0 Å². The molecule has 0 aromatic heterocycles. The number of allylic oxidation sites excluding steroid dienone is 3. The molecule has 1 unspecified atom stereocenters. The Kier molecular flexibility index (Phi) is 11.1. The van der Waals surface area contributed by atoms with Crippen LogP contribution in [-0.4, -0.2) is 31.6 Å². The summed E-state index contributed by atoms with van der Waals surface area (Å²) < 4.78 is 18.7. The fraction of sp³-hybridized carbons (Fsp3) is 0.647. The zero-order valence-corrected chi connectivity index (χ0v) is 13.5. The molecule has 0 radical (unpaired) electrons. The highest BCUT2D eigenvalue weighted by atomic mass is 19.1. The summed E-state index contributed by atoms with van der Waals surface area (Å²) in [5.41, 5.74) is 0. The van der Waals surface area contributed by atoms with Gasteiger partial charge in [-0.1, -0.05) is 39.8 Å². The van der Waals surface area contributed by atoms with Crippen LogP contribution in [0, 0.1) is 5.92 Å². The van der Waals surface area contributed by atoms with Crippen LogP contribution >= 0.6 is 0 Å². The molecule has 1 atom stereocenters. The summed E-state index contributed by atoms with van der Waals surface area (Å²) in [6.07, 6.45) is 8.60. The average molecular weight is 283 g/mol. The van der Waals surface area contributed by atoms with Crippen molar-refractivity contribution in [3.8, 4) is 0 Å². The number of ether oxygens (including phenoxy) is 1. The zero-order chi connectivity index (χ0) is 15.4. The molecule has 0 spiro atoms. The molecule has 0 aliphatic carbocycles. The average Bonchev–Trinajstić information content (AvgIpc) is 2.49. The molecule has 0 aromatic rings. The monoisotopic (exact) mass is 283 g/mol. The smallest absolute Gasteiger partial charge is 0.111 e. The lowest BCUT2D eigenvalue weighted by Crippen LogP contribution is -2.33. The van der Waals surface area contributed by atoms with Gasteiger partial charge in [0.2, 0.25) is 0 Å². The standard InChI is InChI=1S/C15H24FNO.C2H6/c1-13(12-17-10-5-4-6-11-17)15(16)9-7-8-14(2)18-3;1-2/h7-9,13H,2,4-6,10-12H2,1,3H3;1-2H3/b8-7-,15-9+;.